The van der Waals surface area contributed by atoms with E-state index in [1.807, 2.05) is 16.9 Å². The third-order valence-corrected chi connectivity index (χ3v) is 3.46. The molecule has 3 rings (SSSR count). The van der Waals surface area contributed by atoms with Crippen molar-refractivity contribution in [1.82, 2.24) is 9.78 Å². The number of anilines is 1. The second-order valence-electron chi connectivity index (χ2n) is 4.54. The van der Waals surface area contributed by atoms with Gasteiger partial charge in [0.2, 0.25) is 0 Å². The van der Waals surface area contributed by atoms with E-state index in [-0.39, 0.29) is 0 Å². The Labute approximate surface area is 101 Å². The molecule has 0 amide bonds. The van der Waals surface area contributed by atoms with E-state index in [9.17, 15) is 0 Å². The SMILES string of the molecule is CCn1ccc(NCC2Cc3ccccc32)n1. The molecule has 0 spiro atoms. The maximum atomic E-state index is 4.42. The van der Waals surface area contributed by atoms with Gasteiger partial charge in [-0.1, -0.05) is 24.3 Å². The summed E-state index contributed by atoms with van der Waals surface area (Å²) < 4.78 is 1.94. The van der Waals surface area contributed by atoms with Crippen molar-refractivity contribution in [3.8, 4) is 0 Å². The van der Waals surface area contributed by atoms with Gasteiger partial charge in [-0.3, -0.25) is 4.68 Å². The smallest absolute Gasteiger partial charge is 0.148 e. The van der Waals surface area contributed by atoms with Crippen LogP contribution in [0.1, 0.15) is 24.0 Å². The first-order valence-electron chi connectivity index (χ1n) is 6.22. The van der Waals surface area contributed by atoms with Crippen molar-refractivity contribution in [1.29, 1.82) is 0 Å². The zero-order valence-corrected chi connectivity index (χ0v) is 10.1. The zero-order chi connectivity index (χ0) is 11.7. The van der Waals surface area contributed by atoms with Gasteiger partial charge in [0.1, 0.15) is 5.82 Å². The van der Waals surface area contributed by atoms with E-state index < -0.39 is 0 Å². The quantitative estimate of drug-likeness (QED) is 0.870. The molecule has 17 heavy (non-hydrogen) atoms. The number of rotatable bonds is 4. The Morgan fingerprint density at radius 3 is 3.00 bits per heavy atom. The van der Waals surface area contributed by atoms with Crippen molar-refractivity contribution in [2.24, 2.45) is 0 Å². The summed E-state index contributed by atoms with van der Waals surface area (Å²) in [4.78, 5) is 0. The predicted molar refractivity (Wildman–Crippen MR) is 69.3 cm³/mol. The van der Waals surface area contributed by atoms with Crippen LogP contribution in [0.15, 0.2) is 36.5 Å². The van der Waals surface area contributed by atoms with Gasteiger partial charge < -0.3 is 5.32 Å². The van der Waals surface area contributed by atoms with E-state index in [1.165, 1.54) is 17.5 Å². The molecule has 3 heteroatoms. The fourth-order valence-electron chi connectivity index (χ4n) is 2.40. The molecule has 1 aliphatic carbocycles. The predicted octanol–water partition coefficient (Wildman–Crippen LogP) is 2.65. The first kappa shape index (κ1) is 10.4. The number of fused-ring (bicyclic) bond motifs is 1. The zero-order valence-electron chi connectivity index (χ0n) is 10.1. The fourth-order valence-corrected chi connectivity index (χ4v) is 2.40. The summed E-state index contributed by atoms with van der Waals surface area (Å²) in [7, 11) is 0. The molecule has 88 valence electrons. The summed E-state index contributed by atoms with van der Waals surface area (Å²) >= 11 is 0. The van der Waals surface area contributed by atoms with Crippen molar-refractivity contribution < 1.29 is 0 Å². The second-order valence-corrected chi connectivity index (χ2v) is 4.54. The number of hydrogen-bond acceptors (Lipinski definition) is 2. The molecule has 1 unspecified atom stereocenters. The van der Waals surface area contributed by atoms with Crippen LogP contribution in [0.3, 0.4) is 0 Å². The average molecular weight is 227 g/mol. The average Bonchev–Trinajstić information content (AvgIpc) is 2.78. The third-order valence-electron chi connectivity index (χ3n) is 3.46. The standard InChI is InChI=1S/C14H17N3/c1-2-17-8-7-14(16-17)15-10-12-9-11-5-3-4-6-13(11)12/h3-8,12H,2,9-10H2,1H3,(H,15,16). The molecule has 0 bridgehead atoms. The van der Waals surface area contributed by atoms with Crippen LogP contribution >= 0.6 is 0 Å². The lowest BCUT2D eigenvalue weighted by Gasteiger charge is -2.30. The monoisotopic (exact) mass is 227 g/mol. The van der Waals surface area contributed by atoms with Crippen LogP contribution in [0.25, 0.3) is 0 Å². The molecule has 0 fully saturated rings. The Morgan fingerprint density at radius 2 is 2.24 bits per heavy atom. The number of aromatic nitrogens is 2. The third kappa shape index (κ3) is 1.93. The van der Waals surface area contributed by atoms with Gasteiger partial charge in [-0.25, -0.2) is 0 Å². The van der Waals surface area contributed by atoms with E-state index in [4.69, 9.17) is 0 Å². The summed E-state index contributed by atoms with van der Waals surface area (Å²) in [6.45, 7) is 4.00. The highest BCUT2D eigenvalue weighted by atomic mass is 15.3. The number of nitrogens with one attached hydrogen (secondary N) is 1. The first-order chi connectivity index (χ1) is 8.36. The lowest BCUT2D eigenvalue weighted by molar-refractivity contribution is 0.628. The molecule has 2 aromatic rings. The van der Waals surface area contributed by atoms with E-state index in [1.54, 1.807) is 0 Å². The fraction of sp³-hybridized carbons (Fsp3) is 0.357. The molecule has 1 N–H and O–H groups in total. The maximum Gasteiger partial charge on any atom is 0.148 e. The molecule has 1 heterocycles. The minimum Gasteiger partial charge on any atom is -0.368 e. The van der Waals surface area contributed by atoms with Gasteiger partial charge in [0.05, 0.1) is 0 Å². The van der Waals surface area contributed by atoms with E-state index in [2.05, 4.69) is 41.6 Å². The van der Waals surface area contributed by atoms with Crippen molar-refractivity contribution >= 4 is 5.82 Å². The van der Waals surface area contributed by atoms with Gasteiger partial charge in [-0.05, 0) is 24.5 Å². The van der Waals surface area contributed by atoms with Crippen molar-refractivity contribution in [2.75, 3.05) is 11.9 Å². The molecule has 0 radical (unpaired) electrons. The molecule has 1 aromatic carbocycles. The first-order valence-corrected chi connectivity index (χ1v) is 6.22. The molecule has 1 aromatic heterocycles. The highest BCUT2D eigenvalue weighted by Gasteiger charge is 2.24. The van der Waals surface area contributed by atoms with Crippen molar-refractivity contribution in [3.63, 3.8) is 0 Å². The normalized spacial score (nSPS) is 17.4. The molecule has 3 nitrogen and oxygen atoms in total. The van der Waals surface area contributed by atoms with Crippen LogP contribution in [-0.2, 0) is 13.0 Å². The van der Waals surface area contributed by atoms with Crippen molar-refractivity contribution in [3.05, 3.63) is 47.7 Å². The maximum absolute atomic E-state index is 4.42. The van der Waals surface area contributed by atoms with E-state index >= 15 is 0 Å². The molecular formula is C14H17N3. The molecule has 0 saturated carbocycles. The summed E-state index contributed by atoms with van der Waals surface area (Å²) in [5.41, 5.74) is 2.99. The van der Waals surface area contributed by atoms with Gasteiger partial charge in [0.15, 0.2) is 0 Å². The summed E-state index contributed by atoms with van der Waals surface area (Å²) in [5.74, 6) is 1.63. The van der Waals surface area contributed by atoms with Crippen LogP contribution in [-0.4, -0.2) is 16.3 Å². The van der Waals surface area contributed by atoms with Crippen LogP contribution in [0.4, 0.5) is 5.82 Å². The summed E-state index contributed by atoms with van der Waals surface area (Å²) in [6.07, 6.45) is 3.20. The lowest BCUT2D eigenvalue weighted by atomic mass is 9.78. The van der Waals surface area contributed by atoms with Crippen LogP contribution in [0.5, 0.6) is 0 Å². The topological polar surface area (TPSA) is 29.9 Å². The lowest BCUT2D eigenvalue weighted by Crippen LogP contribution is -2.24. The summed E-state index contributed by atoms with van der Waals surface area (Å²) in [5, 5.41) is 7.83. The highest BCUT2D eigenvalue weighted by molar-refractivity contribution is 5.42. The highest BCUT2D eigenvalue weighted by Crippen LogP contribution is 2.34. The van der Waals surface area contributed by atoms with Gasteiger partial charge in [0.25, 0.3) is 0 Å². The largest absolute Gasteiger partial charge is 0.368 e. The Hall–Kier alpha value is -1.77. The molecular weight excluding hydrogens is 210 g/mol. The second kappa shape index (κ2) is 4.24. The Balaban J connectivity index is 1.60. The van der Waals surface area contributed by atoms with E-state index in [0.717, 1.165) is 18.9 Å². The number of benzene rings is 1. The van der Waals surface area contributed by atoms with E-state index in [0.29, 0.717) is 5.92 Å². The Bertz CT molecular complexity index is 516. The Kier molecular flexibility index (Phi) is 2.59. The minimum atomic E-state index is 0.651. The van der Waals surface area contributed by atoms with Gasteiger partial charge in [0, 0.05) is 31.3 Å². The van der Waals surface area contributed by atoms with Crippen LogP contribution in [0.2, 0.25) is 0 Å². The van der Waals surface area contributed by atoms with Gasteiger partial charge >= 0.3 is 0 Å². The molecule has 0 saturated heterocycles. The molecule has 1 aliphatic rings. The van der Waals surface area contributed by atoms with Crippen LogP contribution in [0, 0.1) is 0 Å². The number of hydrogen-bond donors (Lipinski definition) is 1. The number of aryl methyl sites for hydroxylation is 1. The van der Waals surface area contributed by atoms with Crippen molar-refractivity contribution in [2.45, 2.75) is 25.8 Å². The van der Waals surface area contributed by atoms with Gasteiger partial charge in [-0.15, -0.1) is 0 Å². The Morgan fingerprint density at radius 1 is 1.35 bits per heavy atom. The number of nitrogens with zero attached hydrogens (tertiary/aromatic N) is 2. The molecule has 1 atom stereocenters. The molecule has 0 aliphatic heterocycles. The summed E-state index contributed by atoms with van der Waals surface area (Å²) in [6, 6.07) is 10.7. The van der Waals surface area contributed by atoms with Gasteiger partial charge in [-0.2, -0.15) is 5.10 Å². The minimum absolute atomic E-state index is 0.651. The van der Waals surface area contributed by atoms with Crippen LogP contribution < -0.4 is 5.32 Å².